The average Bonchev–Trinajstić information content (AvgIpc) is 2.89. The largest absolute Gasteiger partial charge is 0.311 e. The number of rotatable bonds is 6. The molecule has 2 aliphatic rings. The van der Waals surface area contributed by atoms with Gasteiger partial charge in [0.05, 0.1) is 0 Å². The Bertz CT molecular complexity index is 281. The van der Waals surface area contributed by atoms with Crippen LogP contribution in [-0.2, 0) is 0 Å². The summed E-state index contributed by atoms with van der Waals surface area (Å²) in [6, 6.07) is 0.713. The second kappa shape index (κ2) is 7.26. The predicted octanol–water partition coefficient (Wildman–Crippen LogP) is 4.06. The van der Waals surface area contributed by atoms with Gasteiger partial charge in [0.2, 0.25) is 0 Å². The van der Waals surface area contributed by atoms with Gasteiger partial charge in [-0.1, -0.05) is 47.0 Å². The van der Waals surface area contributed by atoms with Crippen molar-refractivity contribution < 1.29 is 0 Å². The number of hydrogen-bond donors (Lipinski definition) is 1. The Hall–Kier alpha value is -0.0800. The molecule has 2 rings (SSSR count). The fourth-order valence-electron chi connectivity index (χ4n) is 4.14. The van der Waals surface area contributed by atoms with Gasteiger partial charge in [0.25, 0.3) is 0 Å². The first-order valence-corrected chi connectivity index (χ1v) is 9.06. The summed E-state index contributed by atoms with van der Waals surface area (Å²) >= 11 is 0. The molecule has 118 valence electrons. The first-order valence-electron chi connectivity index (χ1n) is 9.06. The van der Waals surface area contributed by atoms with Gasteiger partial charge < -0.3 is 5.32 Å². The second-order valence-electron chi connectivity index (χ2n) is 7.79. The van der Waals surface area contributed by atoms with Gasteiger partial charge >= 0.3 is 0 Å². The summed E-state index contributed by atoms with van der Waals surface area (Å²) in [5.74, 6) is 1.66. The van der Waals surface area contributed by atoms with E-state index in [1.165, 1.54) is 64.6 Å². The lowest BCUT2D eigenvalue weighted by molar-refractivity contribution is 0.0288. The molecule has 1 saturated carbocycles. The number of nitrogens with one attached hydrogen (secondary N) is 1. The van der Waals surface area contributed by atoms with E-state index in [1.54, 1.807) is 0 Å². The monoisotopic (exact) mass is 280 g/mol. The van der Waals surface area contributed by atoms with Gasteiger partial charge in [0, 0.05) is 24.7 Å². The normalized spacial score (nSPS) is 28.4. The van der Waals surface area contributed by atoms with Crippen LogP contribution in [0, 0.1) is 11.8 Å². The van der Waals surface area contributed by atoms with Crippen molar-refractivity contribution >= 4 is 0 Å². The molecular weight excluding hydrogens is 244 g/mol. The molecule has 20 heavy (non-hydrogen) atoms. The van der Waals surface area contributed by atoms with E-state index in [1.807, 2.05) is 0 Å². The van der Waals surface area contributed by atoms with E-state index < -0.39 is 0 Å². The Morgan fingerprint density at radius 3 is 2.50 bits per heavy atom. The van der Waals surface area contributed by atoms with Crippen LogP contribution in [0.3, 0.4) is 0 Å². The second-order valence-corrected chi connectivity index (χ2v) is 7.79. The molecular formula is C18H36N2. The SMILES string of the molecule is CCC(C)C1CN(CCCC(C)C)C2(CCCC2)CN1. The van der Waals surface area contributed by atoms with Gasteiger partial charge in [0.15, 0.2) is 0 Å². The van der Waals surface area contributed by atoms with Crippen LogP contribution in [0.15, 0.2) is 0 Å². The summed E-state index contributed by atoms with van der Waals surface area (Å²) in [6.07, 6.45) is 9.79. The molecule has 1 heterocycles. The molecule has 1 N–H and O–H groups in total. The highest BCUT2D eigenvalue weighted by Gasteiger charge is 2.43. The standard InChI is InChI=1S/C18H36N2/c1-5-16(4)17-13-20(12-8-9-15(2)3)18(14-19-17)10-6-7-11-18/h15-17,19H,5-14H2,1-4H3. The minimum atomic E-state index is 0.515. The molecule has 2 nitrogen and oxygen atoms in total. The lowest BCUT2D eigenvalue weighted by atomic mass is 9.87. The van der Waals surface area contributed by atoms with Gasteiger partial charge in [-0.05, 0) is 44.1 Å². The Labute approximate surface area is 126 Å². The molecule has 2 unspecified atom stereocenters. The van der Waals surface area contributed by atoms with Crippen LogP contribution in [0.25, 0.3) is 0 Å². The van der Waals surface area contributed by atoms with Crippen LogP contribution < -0.4 is 5.32 Å². The summed E-state index contributed by atoms with van der Waals surface area (Å²) < 4.78 is 0. The van der Waals surface area contributed by atoms with Gasteiger partial charge in [-0.15, -0.1) is 0 Å². The topological polar surface area (TPSA) is 15.3 Å². The van der Waals surface area contributed by atoms with Crippen LogP contribution in [0.1, 0.15) is 72.6 Å². The lowest BCUT2D eigenvalue weighted by Crippen LogP contribution is -2.64. The third kappa shape index (κ3) is 3.76. The van der Waals surface area contributed by atoms with Gasteiger partial charge in [-0.3, -0.25) is 4.90 Å². The highest BCUT2D eigenvalue weighted by molar-refractivity contribution is 5.02. The molecule has 0 radical (unpaired) electrons. The van der Waals surface area contributed by atoms with E-state index in [0.29, 0.717) is 11.6 Å². The molecule has 1 spiro atoms. The van der Waals surface area contributed by atoms with Gasteiger partial charge in [-0.25, -0.2) is 0 Å². The van der Waals surface area contributed by atoms with Crippen molar-refractivity contribution in [3.63, 3.8) is 0 Å². The van der Waals surface area contributed by atoms with Crippen molar-refractivity contribution in [1.29, 1.82) is 0 Å². The maximum absolute atomic E-state index is 3.89. The van der Waals surface area contributed by atoms with E-state index in [9.17, 15) is 0 Å². The summed E-state index contributed by atoms with van der Waals surface area (Å²) in [5, 5.41) is 3.89. The van der Waals surface area contributed by atoms with E-state index in [0.717, 1.165) is 11.8 Å². The Morgan fingerprint density at radius 2 is 1.90 bits per heavy atom. The third-order valence-corrected chi connectivity index (χ3v) is 5.86. The first-order chi connectivity index (χ1) is 9.57. The molecule has 0 aromatic carbocycles. The van der Waals surface area contributed by atoms with Gasteiger partial charge in [0.1, 0.15) is 0 Å². The smallest absolute Gasteiger partial charge is 0.0334 e. The highest BCUT2D eigenvalue weighted by Crippen LogP contribution is 2.37. The van der Waals surface area contributed by atoms with Crippen molar-refractivity contribution in [2.75, 3.05) is 19.6 Å². The first kappa shape index (κ1) is 16.3. The molecule has 0 aromatic heterocycles. The number of nitrogens with zero attached hydrogens (tertiary/aromatic N) is 1. The number of hydrogen-bond acceptors (Lipinski definition) is 2. The molecule has 1 saturated heterocycles. The quantitative estimate of drug-likeness (QED) is 0.789. The summed E-state index contributed by atoms with van der Waals surface area (Å²) in [5.41, 5.74) is 0.515. The van der Waals surface area contributed by atoms with E-state index in [-0.39, 0.29) is 0 Å². The van der Waals surface area contributed by atoms with E-state index in [4.69, 9.17) is 0 Å². The molecule has 1 aliphatic heterocycles. The van der Waals surface area contributed by atoms with Crippen LogP contribution in [0.5, 0.6) is 0 Å². The van der Waals surface area contributed by atoms with Crippen molar-refractivity contribution in [3.05, 3.63) is 0 Å². The van der Waals surface area contributed by atoms with Crippen molar-refractivity contribution in [1.82, 2.24) is 10.2 Å². The minimum Gasteiger partial charge on any atom is -0.311 e. The molecule has 0 amide bonds. The minimum absolute atomic E-state index is 0.515. The predicted molar refractivity (Wildman–Crippen MR) is 88.1 cm³/mol. The van der Waals surface area contributed by atoms with Crippen molar-refractivity contribution in [3.8, 4) is 0 Å². The molecule has 0 aromatic rings. The summed E-state index contributed by atoms with van der Waals surface area (Å²) in [6.45, 7) is 13.3. The third-order valence-electron chi connectivity index (χ3n) is 5.86. The zero-order chi connectivity index (χ0) is 14.6. The van der Waals surface area contributed by atoms with Crippen molar-refractivity contribution in [2.24, 2.45) is 11.8 Å². The molecule has 1 aliphatic carbocycles. The van der Waals surface area contributed by atoms with Crippen LogP contribution in [-0.4, -0.2) is 36.1 Å². The van der Waals surface area contributed by atoms with Crippen molar-refractivity contribution in [2.45, 2.75) is 84.2 Å². The van der Waals surface area contributed by atoms with Gasteiger partial charge in [-0.2, -0.15) is 0 Å². The number of piperazine rings is 1. The van der Waals surface area contributed by atoms with Crippen LogP contribution >= 0.6 is 0 Å². The summed E-state index contributed by atoms with van der Waals surface area (Å²) in [7, 11) is 0. The molecule has 2 atom stereocenters. The zero-order valence-corrected chi connectivity index (χ0v) is 14.3. The Morgan fingerprint density at radius 1 is 1.20 bits per heavy atom. The zero-order valence-electron chi connectivity index (χ0n) is 14.3. The Kier molecular flexibility index (Phi) is 5.92. The average molecular weight is 280 g/mol. The highest BCUT2D eigenvalue weighted by atomic mass is 15.3. The lowest BCUT2D eigenvalue weighted by Gasteiger charge is -2.50. The van der Waals surface area contributed by atoms with E-state index in [2.05, 4.69) is 37.9 Å². The van der Waals surface area contributed by atoms with Crippen LogP contribution in [0.2, 0.25) is 0 Å². The summed E-state index contributed by atoms with van der Waals surface area (Å²) in [4.78, 5) is 2.88. The molecule has 2 fully saturated rings. The Balaban J connectivity index is 1.95. The van der Waals surface area contributed by atoms with E-state index >= 15 is 0 Å². The maximum Gasteiger partial charge on any atom is 0.0334 e. The van der Waals surface area contributed by atoms with Crippen LogP contribution in [0.4, 0.5) is 0 Å². The molecule has 0 bridgehead atoms. The fraction of sp³-hybridized carbons (Fsp3) is 1.00. The maximum atomic E-state index is 3.89. The molecule has 2 heteroatoms. The fourth-order valence-corrected chi connectivity index (χ4v) is 4.14.